The van der Waals surface area contributed by atoms with Gasteiger partial charge in [-0.05, 0) is 18.9 Å². The normalized spacial score (nSPS) is 17.1. The van der Waals surface area contributed by atoms with Crippen LogP contribution in [0.15, 0.2) is 6.07 Å². The maximum Gasteiger partial charge on any atom is 0.127 e. The van der Waals surface area contributed by atoms with Crippen molar-refractivity contribution < 1.29 is 0 Å². The lowest BCUT2D eigenvalue weighted by atomic mass is 9.93. The molecule has 1 aliphatic carbocycles. The fourth-order valence-electron chi connectivity index (χ4n) is 1.62. The summed E-state index contributed by atoms with van der Waals surface area (Å²) in [5.74, 6) is 0. The summed E-state index contributed by atoms with van der Waals surface area (Å²) in [5, 5.41) is 4.74. The van der Waals surface area contributed by atoms with Crippen molar-refractivity contribution in [3.8, 4) is 0 Å². The van der Waals surface area contributed by atoms with Gasteiger partial charge in [0.2, 0.25) is 0 Å². The number of nitrogens with one attached hydrogen (secondary N) is 1. The number of halogens is 2. The number of hydrogen-bond acceptors (Lipinski definition) is 1. The molecule has 0 spiro atoms. The first-order valence-corrected chi connectivity index (χ1v) is 5.67. The molecule has 78 valence electrons. The third-order valence-electron chi connectivity index (χ3n) is 2.89. The summed E-state index contributed by atoms with van der Waals surface area (Å²) in [6.07, 6.45) is 3.95. The van der Waals surface area contributed by atoms with E-state index in [0.717, 1.165) is 12.2 Å². The molecule has 0 radical (unpaired) electrons. The minimum absolute atomic E-state index is 0.622. The third-order valence-corrected chi connectivity index (χ3v) is 3.73. The van der Waals surface area contributed by atoms with Crippen LogP contribution in [0.25, 0.3) is 0 Å². The van der Waals surface area contributed by atoms with Gasteiger partial charge in [-0.3, -0.25) is 0 Å². The highest BCUT2D eigenvalue weighted by molar-refractivity contribution is 6.41. The molecule has 4 heteroatoms. The molecule has 0 aromatic carbocycles. The maximum atomic E-state index is 5.96. The van der Waals surface area contributed by atoms with E-state index in [9.17, 15) is 0 Å². The number of hydrogen-bond donors (Lipinski definition) is 1. The zero-order valence-electron chi connectivity index (χ0n) is 8.19. The van der Waals surface area contributed by atoms with E-state index in [4.69, 9.17) is 23.2 Å². The quantitative estimate of drug-likeness (QED) is 0.849. The first kappa shape index (κ1) is 10.3. The molecule has 0 bridgehead atoms. The summed E-state index contributed by atoms with van der Waals surface area (Å²) in [6, 6.07) is 2.62. The van der Waals surface area contributed by atoms with Gasteiger partial charge in [-0.1, -0.05) is 29.6 Å². The second-order valence-electron chi connectivity index (χ2n) is 3.84. The van der Waals surface area contributed by atoms with Crippen molar-refractivity contribution >= 4 is 23.2 Å². The Bertz CT molecular complexity index is 329. The van der Waals surface area contributed by atoms with Crippen LogP contribution in [0, 0.1) is 0 Å². The van der Waals surface area contributed by atoms with Crippen LogP contribution in [0.4, 0.5) is 0 Å². The molecule has 1 aliphatic rings. The topological polar surface area (TPSA) is 17.0 Å². The largest absolute Gasteiger partial charge is 0.336 e. The number of nitrogens with zero attached hydrogens (tertiary/aromatic N) is 1. The van der Waals surface area contributed by atoms with E-state index in [1.165, 1.54) is 19.3 Å². The van der Waals surface area contributed by atoms with Crippen LogP contribution < -0.4 is 5.32 Å². The molecule has 0 amide bonds. The smallest absolute Gasteiger partial charge is 0.127 e. The lowest BCUT2D eigenvalue weighted by molar-refractivity contribution is 0.335. The van der Waals surface area contributed by atoms with Gasteiger partial charge in [0.05, 0.1) is 5.02 Å². The first-order valence-electron chi connectivity index (χ1n) is 4.91. The van der Waals surface area contributed by atoms with E-state index >= 15 is 0 Å². The summed E-state index contributed by atoms with van der Waals surface area (Å²) >= 11 is 11.9. The van der Waals surface area contributed by atoms with Crippen LogP contribution in [0.2, 0.25) is 10.2 Å². The Morgan fingerprint density at radius 1 is 1.50 bits per heavy atom. The van der Waals surface area contributed by atoms with Crippen LogP contribution in [-0.2, 0) is 13.6 Å². The van der Waals surface area contributed by atoms with Gasteiger partial charge in [-0.25, -0.2) is 0 Å². The standard InChI is InChI=1S/C10H14Cl2N2/c1-14-8(5-9(11)10(14)12)6-13-7-3-2-4-7/h5,7,13H,2-4,6H2,1H3. The SMILES string of the molecule is Cn1c(CNC2CCC2)cc(Cl)c1Cl. The molecule has 1 N–H and O–H groups in total. The van der Waals surface area contributed by atoms with Gasteiger partial charge in [-0.15, -0.1) is 0 Å². The van der Waals surface area contributed by atoms with Gasteiger partial charge in [0.25, 0.3) is 0 Å². The summed E-state index contributed by atoms with van der Waals surface area (Å²) < 4.78 is 1.93. The molecule has 1 heterocycles. The molecule has 0 aliphatic heterocycles. The highest BCUT2D eigenvalue weighted by Crippen LogP contribution is 2.25. The van der Waals surface area contributed by atoms with Crippen molar-refractivity contribution in [1.82, 2.24) is 9.88 Å². The fourth-order valence-corrected chi connectivity index (χ4v) is 2.04. The second kappa shape index (κ2) is 4.13. The van der Waals surface area contributed by atoms with Crippen LogP contribution >= 0.6 is 23.2 Å². The molecular formula is C10H14Cl2N2. The summed E-state index contributed by atoms with van der Waals surface area (Å²) in [5.41, 5.74) is 1.15. The highest BCUT2D eigenvalue weighted by atomic mass is 35.5. The Hall–Kier alpha value is -0.180. The Morgan fingerprint density at radius 2 is 2.21 bits per heavy atom. The number of rotatable bonds is 3. The van der Waals surface area contributed by atoms with E-state index in [2.05, 4.69) is 5.32 Å². The molecule has 14 heavy (non-hydrogen) atoms. The predicted octanol–water partition coefficient (Wildman–Crippen LogP) is 2.97. The molecule has 1 aromatic rings. The van der Waals surface area contributed by atoms with E-state index in [1.807, 2.05) is 17.7 Å². The van der Waals surface area contributed by atoms with Crippen molar-refractivity contribution in [1.29, 1.82) is 0 Å². The van der Waals surface area contributed by atoms with Gasteiger partial charge >= 0.3 is 0 Å². The van der Waals surface area contributed by atoms with Gasteiger partial charge < -0.3 is 9.88 Å². The molecule has 1 saturated carbocycles. The molecule has 1 fully saturated rings. The molecule has 1 aromatic heterocycles. The molecular weight excluding hydrogens is 219 g/mol. The Kier molecular flexibility index (Phi) is 3.05. The van der Waals surface area contributed by atoms with E-state index in [0.29, 0.717) is 16.2 Å². The Labute approximate surface area is 94.2 Å². The van der Waals surface area contributed by atoms with Gasteiger partial charge in [0.1, 0.15) is 5.15 Å². The zero-order valence-corrected chi connectivity index (χ0v) is 9.70. The van der Waals surface area contributed by atoms with E-state index in [1.54, 1.807) is 0 Å². The molecule has 2 rings (SSSR count). The molecule has 2 nitrogen and oxygen atoms in total. The number of aromatic nitrogens is 1. The van der Waals surface area contributed by atoms with Crippen LogP contribution in [0.3, 0.4) is 0 Å². The second-order valence-corrected chi connectivity index (χ2v) is 4.61. The predicted molar refractivity (Wildman–Crippen MR) is 59.9 cm³/mol. The van der Waals surface area contributed by atoms with Gasteiger partial charge in [0.15, 0.2) is 0 Å². The third kappa shape index (κ3) is 1.92. The lowest BCUT2D eigenvalue weighted by Gasteiger charge is -2.26. The average Bonchev–Trinajstić information content (AvgIpc) is 2.31. The van der Waals surface area contributed by atoms with Crippen LogP contribution in [-0.4, -0.2) is 10.6 Å². The first-order chi connectivity index (χ1) is 6.68. The highest BCUT2D eigenvalue weighted by Gasteiger charge is 2.17. The zero-order chi connectivity index (χ0) is 10.1. The van der Waals surface area contributed by atoms with Crippen LogP contribution in [0.5, 0.6) is 0 Å². The van der Waals surface area contributed by atoms with Crippen molar-refractivity contribution in [2.45, 2.75) is 31.8 Å². The molecule has 0 saturated heterocycles. The monoisotopic (exact) mass is 232 g/mol. The van der Waals surface area contributed by atoms with Crippen molar-refractivity contribution in [2.75, 3.05) is 0 Å². The summed E-state index contributed by atoms with van der Waals surface area (Å²) in [7, 11) is 1.94. The minimum Gasteiger partial charge on any atom is -0.336 e. The minimum atomic E-state index is 0.622. The molecule has 0 atom stereocenters. The Balaban J connectivity index is 1.97. The average molecular weight is 233 g/mol. The lowest BCUT2D eigenvalue weighted by Crippen LogP contribution is -2.34. The Morgan fingerprint density at radius 3 is 2.64 bits per heavy atom. The van der Waals surface area contributed by atoms with Crippen LogP contribution in [0.1, 0.15) is 25.0 Å². The van der Waals surface area contributed by atoms with Gasteiger partial charge in [0, 0.05) is 25.3 Å². The van der Waals surface area contributed by atoms with E-state index < -0.39 is 0 Å². The summed E-state index contributed by atoms with van der Waals surface area (Å²) in [6.45, 7) is 0.855. The summed E-state index contributed by atoms with van der Waals surface area (Å²) in [4.78, 5) is 0. The van der Waals surface area contributed by atoms with Gasteiger partial charge in [-0.2, -0.15) is 0 Å². The maximum absolute atomic E-state index is 5.96. The fraction of sp³-hybridized carbons (Fsp3) is 0.600. The van der Waals surface area contributed by atoms with Crippen molar-refractivity contribution in [3.05, 3.63) is 21.9 Å². The van der Waals surface area contributed by atoms with Crippen molar-refractivity contribution in [2.24, 2.45) is 7.05 Å². The van der Waals surface area contributed by atoms with E-state index in [-0.39, 0.29) is 0 Å². The molecule has 0 unspecified atom stereocenters. The van der Waals surface area contributed by atoms with Crippen molar-refractivity contribution in [3.63, 3.8) is 0 Å².